The third-order valence-corrected chi connectivity index (χ3v) is 4.15. The zero-order valence-electron chi connectivity index (χ0n) is 12.0. The van der Waals surface area contributed by atoms with E-state index < -0.39 is 12.0 Å². The standard InChI is InChI=1S/C16H15N3O3/c1-8-6-12(19-22-8)15-14-10(7-13(18-15)16(20)21)9-4-2-3-5-11(9)17-14/h2-6,13,15,17-18H,7H2,1H3,(H,20,21)/t13-,15+/m0/s1. The lowest BCUT2D eigenvalue weighted by Crippen LogP contribution is -2.45. The Kier molecular flexibility index (Phi) is 2.80. The second-order valence-electron chi connectivity index (χ2n) is 5.62. The van der Waals surface area contributed by atoms with Gasteiger partial charge in [0.2, 0.25) is 0 Å². The van der Waals surface area contributed by atoms with E-state index in [0.717, 1.165) is 22.2 Å². The van der Waals surface area contributed by atoms with E-state index in [4.69, 9.17) is 4.52 Å². The number of fused-ring (bicyclic) bond motifs is 3. The molecule has 0 radical (unpaired) electrons. The molecule has 0 amide bonds. The summed E-state index contributed by atoms with van der Waals surface area (Å²) in [6.07, 6.45) is 0.446. The lowest BCUT2D eigenvalue weighted by atomic mass is 9.92. The SMILES string of the molecule is Cc1cc([C@H]2N[C@H](C(=O)O)Cc3c2[nH]c2ccccc32)no1. The molecule has 0 fully saturated rings. The van der Waals surface area contributed by atoms with Gasteiger partial charge in [0.1, 0.15) is 17.5 Å². The van der Waals surface area contributed by atoms with Crippen LogP contribution in [0.3, 0.4) is 0 Å². The van der Waals surface area contributed by atoms with Crippen LogP contribution >= 0.6 is 0 Å². The monoisotopic (exact) mass is 297 g/mol. The van der Waals surface area contributed by atoms with Crippen molar-refractivity contribution < 1.29 is 14.4 Å². The summed E-state index contributed by atoms with van der Waals surface area (Å²) in [7, 11) is 0. The molecule has 0 unspecified atom stereocenters. The van der Waals surface area contributed by atoms with Crippen molar-refractivity contribution in [1.29, 1.82) is 0 Å². The summed E-state index contributed by atoms with van der Waals surface area (Å²) < 4.78 is 5.15. The summed E-state index contributed by atoms with van der Waals surface area (Å²) >= 11 is 0. The number of carboxylic acids is 1. The van der Waals surface area contributed by atoms with Crippen molar-refractivity contribution in [2.24, 2.45) is 0 Å². The first kappa shape index (κ1) is 13.1. The Labute approximate surface area is 126 Å². The molecule has 112 valence electrons. The van der Waals surface area contributed by atoms with Crippen molar-refractivity contribution in [1.82, 2.24) is 15.5 Å². The van der Waals surface area contributed by atoms with Gasteiger partial charge in [0.05, 0.1) is 6.04 Å². The predicted octanol–water partition coefficient (Wildman–Crippen LogP) is 2.15. The number of rotatable bonds is 2. The number of carbonyl (C=O) groups is 1. The number of hydrogen-bond acceptors (Lipinski definition) is 4. The molecular weight excluding hydrogens is 282 g/mol. The van der Waals surface area contributed by atoms with Crippen LogP contribution in [0.1, 0.15) is 28.8 Å². The highest BCUT2D eigenvalue weighted by molar-refractivity contribution is 5.87. The number of para-hydroxylation sites is 1. The topological polar surface area (TPSA) is 91.2 Å². The van der Waals surface area contributed by atoms with E-state index in [-0.39, 0.29) is 6.04 Å². The number of carboxylic acid groups (broad SMARTS) is 1. The number of aliphatic carboxylic acids is 1. The summed E-state index contributed by atoms with van der Waals surface area (Å²) in [5.74, 6) is -0.159. The molecule has 2 atom stereocenters. The fraction of sp³-hybridized carbons (Fsp3) is 0.250. The number of hydrogen-bond donors (Lipinski definition) is 3. The van der Waals surface area contributed by atoms with Crippen LogP contribution in [0, 0.1) is 6.92 Å². The fourth-order valence-corrected chi connectivity index (χ4v) is 3.15. The number of H-pyrrole nitrogens is 1. The van der Waals surface area contributed by atoms with Gasteiger partial charge in [-0.25, -0.2) is 0 Å². The Morgan fingerprint density at radius 1 is 1.41 bits per heavy atom. The molecule has 1 aliphatic heterocycles. The summed E-state index contributed by atoms with van der Waals surface area (Å²) in [5.41, 5.74) is 3.70. The molecule has 4 rings (SSSR count). The second kappa shape index (κ2) is 4.71. The molecule has 0 spiro atoms. The van der Waals surface area contributed by atoms with Crippen molar-refractivity contribution in [3.8, 4) is 0 Å². The van der Waals surface area contributed by atoms with Crippen LogP contribution in [-0.4, -0.2) is 27.3 Å². The Balaban J connectivity index is 1.91. The first-order valence-electron chi connectivity index (χ1n) is 7.15. The van der Waals surface area contributed by atoms with Gasteiger partial charge in [-0.2, -0.15) is 0 Å². The van der Waals surface area contributed by atoms with Gasteiger partial charge in [-0.1, -0.05) is 23.4 Å². The molecule has 1 aliphatic rings. The summed E-state index contributed by atoms with van der Waals surface area (Å²) in [5, 5.41) is 17.7. The van der Waals surface area contributed by atoms with Crippen LogP contribution in [0.4, 0.5) is 0 Å². The molecule has 0 saturated heterocycles. The number of nitrogens with one attached hydrogen (secondary N) is 2. The van der Waals surface area contributed by atoms with Gasteiger partial charge >= 0.3 is 5.97 Å². The van der Waals surface area contributed by atoms with Gasteiger partial charge in [0.15, 0.2) is 0 Å². The van der Waals surface area contributed by atoms with Crippen LogP contribution in [0.25, 0.3) is 10.9 Å². The quantitative estimate of drug-likeness (QED) is 0.674. The fourth-order valence-electron chi connectivity index (χ4n) is 3.15. The highest BCUT2D eigenvalue weighted by atomic mass is 16.5. The van der Waals surface area contributed by atoms with Gasteiger partial charge in [0, 0.05) is 29.1 Å². The third-order valence-electron chi connectivity index (χ3n) is 4.15. The van der Waals surface area contributed by atoms with E-state index in [2.05, 4.69) is 15.5 Å². The van der Waals surface area contributed by atoms with Crippen molar-refractivity contribution in [2.45, 2.75) is 25.4 Å². The third kappa shape index (κ3) is 1.92. The molecule has 0 aliphatic carbocycles. The minimum absolute atomic E-state index is 0.310. The van der Waals surface area contributed by atoms with Crippen LogP contribution in [0.15, 0.2) is 34.9 Å². The van der Waals surface area contributed by atoms with Crippen LogP contribution in [-0.2, 0) is 11.2 Å². The zero-order chi connectivity index (χ0) is 15.3. The van der Waals surface area contributed by atoms with Gasteiger partial charge in [-0.05, 0) is 18.6 Å². The maximum atomic E-state index is 11.5. The summed E-state index contributed by atoms with van der Waals surface area (Å²) in [6, 6.07) is 8.81. The Hall–Kier alpha value is -2.60. The van der Waals surface area contributed by atoms with E-state index >= 15 is 0 Å². The van der Waals surface area contributed by atoms with Crippen LogP contribution < -0.4 is 5.32 Å². The van der Waals surface area contributed by atoms with Gasteiger partial charge < -0.3 is 14.6 Å². The average molecular weight is 297 g/mol. The van der Waals surface area contributed by atoms with Crippen molar-refractivity contribution in [3.63, 3.8) is 0 Å². The van der Waals surface area contributed by atoms with Crippen LogP contribution in [0.5, 0.6) is 0 Å². The van der Waals surface area contributed by atoms with Gasteiger partial charge in [0.25, 0.3) is 0 Å². The highest BCUT2D eigenvalue weighted by Crippen LogP contribution is 2.34. The van der Waals surface area contributed by atoms with E-state index in [1.165, 1.54) is 0 Å². The minimum Gasteiger partial charge on any atom is -0.480 e. The highest BCUT2D eigenvalue weighted by Gasteiger charge is 2.35. The molecule has 2 aromatic heterocycles. The minimum atomic E-state index is -0.860. The summed E-state index contributed by atoms with van der Waals surface area (Å²) in [6.45, 7) is 1.82. The molecule has 3 N–H and O–H groups in total. The number of nitrogens with zero attached hydrogens (tertiary/aromatic N) is 1. The van der Waals surface area contributed by atoms with E-state index in [1.807, 2.05) is 37.3 Å². The molecule has 3 aromatic rings. The van der Waals surface area contributed by atoms with Crippen molar-refractivity contribution in [3.05, 3.63) is 53.0 Å². The second-order valence-corrected chi connectivity index (χ2v) is 5.62. The van der Waals surface area contributed by atoms with Crippen molar-refractivity contribution in [2.75, 3.05) is 0 Å². The van der Waals surface area contributed by atoms with E-state index in [1.54, 1.807) is 0 Å². The largest absolute Gasteiger partial charge is 0.480 e. The molecule has 6 heteroatoms. The number of aryl methyl sites for hydroxylation is 1. The zero-order valence-corrected chi connectivity index (χ0v) is 12.0. The maximum Gasteiger partial charge on any atom is 0.321 e. The normalized spacial score (nSPS) is 21.0. The smallest absolute Gasteiger partial charge is 0.321 e. The Morgan fingerprint density at radius 2 is 2.23 bits per heavy atom. The van der Waals surface area contributed by atoms with Gasteiger partial charge in [-0.3, -0.25) is 10.1 Å². The van der Waals surface area contributed by atoms with Crippen molar-refractivity contribution >= 4 is 16.9 Å². The first-order valence-corrected chi connectivity index (χ1v) is 7.15. The Morgan fingerprint density at radius 3 is 2.95 bits per heavy atom. The predicted molar refractivity (Wildman–Crippen MR) is 79.6 cm³/mol. The lowest BCUT2D eigenvalue weighted by Gasteiger charge is -2.27. The molecule has 0 saturated carbocycles. The molecule has 22 heavy (non-hydrogen) atoms. The molecular formula is C16H15N3O3. The number of aromatic nitrogens is 2. The number of benzene rings is 1. The van der Waals surface area contributed by atoms with Crippen LogP contribution in [0.2, 0.25) is 0 Å². The molecule has 6 nitrogen and oxygen atoms in total. The first-order chi connectivity index (χ1) is 10.6. The number of aromatic amines is 1. The summed E-state index contributed by atoms with van der Waals surface area (Å²) in [4.78, 5) is 14.9. The molecule has 3 heterocycles. The van der Waals surface area contributed by atoms with E-state index in [0.29, 0.717) is 17.9 Å². The average Bonchev–Trinajstić information content (AvgIpc) is 3.09. The molecule has 1 aromatic carbocycles. The Bertz CT molecular complexity index is 865. The molecule has 0 bridgehead atoms. The van der Waals surface area contributed by atoms with E-state index in [9.17, 15) is 9.90 Å². The lowest BCUT2D eigenvalue weighted by molar-refractivity contribution is -0.139. The maximum absolute atomic E-state index is 11.5. The van der Waals surface area contributed by atoms with Gasteiger partial charge in [-0.15, -0.1) is 0 Å².